The minimum atomic E-state index is -0.580. The number of ether oxygens (including phenoxy) is 1. The van der Waals surface area contributed by atoms with E-state index in [9.17, 15) is 9.59 Å². The molecule has 1 aromatic heterocycles. The van der Waals surface area contributed by atoms with Crippen LogP contribution in [-0.4, -0.2) is 38.8 Å². The quantitative estimate of drug-likeness (QED) is 0.689. The van der Waals surface area contributed by atoms with E-state index in [1.807, 2.05) is 20.8 Å². The Labute approximate surface area is 105 Å². The van der Waals surface area contributed by atoms with Gasteiger partial charge in [0.05, 0.1) is 0 Å². The predicted octanol–water partition coefficient (Wildman–Crippen LogP) is -0.682. The zero-order chi connectivity index (χ0) is 13.8. The molecule has 8 heteroatoms. The highest BCUT2D eigenvalue weighted by atomic mass is 16.5. The Hall–Kier alpha value is -2.12. The lowest BCUT2D eigenvalue weighted by molar-refractivity contribution is -0.149. The summed E-state index contributed by atoms with van der Waals surface area (Å²) in [4.78, 5) is 26.4. The summed E-state index contributed by atoms with van der Waals surface area (Å²) in [6.07, 6.45) is 1.31. The van der Waals surface area contributed by atoms with E-state index in [-0.39, 0.29) is 30.5 Å². The molecule has 1 heterocycles. The molecule has 0 radical (unpaired) electrons. The molecule has 0 bridgehead atoms. The molecule has 0 saturated heterocycles. The van der Waals surface area contributed by atoms with Crippen molar-refractivity contribution in [2.45, 2.75) is 32.9 Å². The molecular weight excluding hydrogens is 238 g/mol. The van der Waals surface area contributed by atoms with Gasteiger partial charge in [-0.3, -0.25) is 9.59 Å². The van der Waals surface area contributed by atoms with Gasteiger partial charge in [0.1, 0.15) is 12.9 Å². The van der Waals surface area contributed by atoms with Crippen LogP contribution in [0.25, 0.3) is 0 Å². The predicted molar refractivity (Wildman–Crippen MR) is 63.3 cm³/mol. The summed E-state index contributed by atoms with van der Waals surface area (Å²) in [7, 11) is 0. The third-order valence-electron chi connectivity index (χ3n) is 1.72. The number of carbonyl (C=O) groups is 2. The summed E-state index contributed by atoms with van der Waals surface area (Å²) in [6, 6.07) is 0. The third kappa shape index (κ3) is 5.28. The molecule has 0 unspecified atom stereocenters. The Kier molecular flexibility index (Phi) is 4.24. The van der Waals surface area contributed by atoms with Gasteiger partial charge in [-0.05, 0) is 20.8 Å². The van der Waals surface area contributed by atoms with Crippen LogP contribution in [0.3, 0.4) is 0 Å². The Morgan fingerprint density at radius 1 is 1.50 bits per heavy atom. The largest absolute Gasteiger partial charge is 0.454 e. The fourth-order valence-electron chi connectivity index (χ4n) is 1.16. The van der Waals surface area contributed by atoms with Crippen LogP contribution in [0, 0.1) is 0 Å². The number of rotatable bonds is 4. The van der Waals surface area contributed by atoms with Crippen molar-refractivity contribution in [1.29, 1.82) is 0 Å². The monoisotopic (exact) mass is 255 g/mol. The number of nitrogen functional groups attached to an aromatic ring is 1. The first-order chi connectivity index (χ1) is 8.26. The van der Waals surface area contributed by atoms with Crippen molar-refractivity contribution in [3.05, 3.63) is 6.33 Å². The highest BCUT2D eigenvalue weighted by Crippen LogP contribution is 1.98. The molecule has 100 valence electrons. The standard InChI is InChI=1S/C10H17N5O3/c1-10(2,3)13-7(16)5-18-8(17)4-15-6-12-9(11)14-15/h6H,4-5H2,1-3H3,(H2,11,14)(H,13,16). The van der Waals surface area contributed by atoms with Gasteiger partial charge in [0.2, 0.25) is 5.95 Å². The van der Waals surface area contributed by atoms with Crippen LogP contribution in [0.4, 0.5) is 5.95 Å². The number of nitrogens with two attached hydrogens (primary N) is 1. The van der Waals surface area contributed by atoms with Gasteiger partial charge in [-0.15, -0.1) is 5.10 Å². The maximum Gasteiger partial charge on any atom is 0.328 e. The maximum absolute atomic E-state index is 11.4. The molecular formula is C10H17N5O3. The summed E-state index contributed by atoms with van der Waals surface area (Å²) in [5.74, 6) is -0.855. The van der Waals surface area contributed by atoms with E-state index in [0.717, 1.165) is 0 Å². The van der Waals surface area contributed by atoms with Crippen LogP contribution in [0.2, 0.25) is 0 Å². The normalized spacial score (nSPS) is 11.1. The van der Waals surface area contributed by atoms with Gasteiger partial charge in [-0.1, -0.05) is 0 Å². The number of hydrogen-bond donors (Lipinski definition) is 2. The van der Waals surface area contributed by atoms with E-state index < -0.39 is 5.97 Å². The van der Waals surface area contributed by atoms with Gasteiger partial charge in [0, 0.05) is 5.54 Å². The molecule has 0 atom stereocenters. The highest BCUT2D eigenvalue weighted by molar-refractivity contribution is 5.80. The number of nitrogens with one attached hydrogen (secondary N) is 1. The summed E-state index contributed by atoms with van der Waals surface area (Å²) in [5, 5.41) is 6.39. The van der Waals surface area contributed by atoms with Crippen molar-refractivity contribution in [3.8, 4) is 0 Å². The van der Waals surface area contributed by atoms with Gasteiger partial charge in [-0.2, -0.15) is 0 Å². The van der Waals surface area contributed by atoms with Gasteiger partial charge in [0.15, 0.2) is 6.61 Å². The van der Waals surface area contributed by atoms with Gasteiger partial charge < -0.3 is 15.8 Å². The van der Waals surface area contributed by atoms with E-state index in [4.69, 9.17) is 10.5 Å². The minimum Gasteiger partial charge on any atom is -0.454 e. The summed E-state index contributed by atoms with van der Waals surface area (Å²) in [5.41, 5.74) is 4.93. The first-order valence-electron chi connectivity index (χ1n) is 5.38. The van der Waals surface area contributed by atoms with Crippen molar-refractivity contribution >= 4 is 17.8 Å². The van der Waals surface area contributed by atoms with E-state index >= 15 is 0 Å². The number of amides is 1. The number of esters is 1. The zero-order valence-corrected chi connectivity index (χ0v) is 10.6. The molecule has 8 nitrogen and oxygen atoms in total. The van der Waals surface area contributed by atoms with E-state index in [1.54, 1.807) is 0 Å². The molecule has 0 fully saturated rings. The van der Waals surface area contributed by atoms with Crippen molar-refractivity contribution < 1.29 is 14.3 Å². The topological polar surface area (TPSA) is 112 Å². The molecule has 0 aromatic carbocycles. The number of anilines is 1. The van der Waals surface area contributed by atoms with Gasteiger partial charge >= 0.3 is 5.97 Å². The second-order valence-electron chi connectivity index (χ2n) is 4.76. The number of hydrogen-bond acceptors (Lipinski definition) is 6. The van der Waals surface area contributed by atoms with E-state index in [2.05, 4.69) is 15.4 Å². The molecule has 1 aromatic rings. The summed E-state index contributed by atoms with van der Waals surface area (Å²) in [6.45, 7) is 5.06. The lowest BCUT2D eigenvalue weighted by Gasteiger charge is -2.20. The Morgan fingerprint density at radius 2 is 2.17 bits per heavy atom. The fourth-order valence-corrected chi connectivity index (χ4v) is 1.16. The van der Waals surface area contributed by atoms with Crippen LogP contribution in [0.15, 0.2) is 6.33 Å². The van der Waals surface area contributed by atoms with Crippen molar-refractivity contribution in [1.82, 2.24) is 20.1 Å². The van der Waals surface area contributed by atoms with Gasteiger partial charge in [-0.25, -0.2) is 9.67 Å². The van der Waals surface area contributed by atoms with Crippen LogP contribution in [0.1, 0.15) is 20.8 Å². The van der Waals surface area contributed by atoms with Crippen molar-refractivity contribution in [2.75, 3.05) is 12.3 Å². The van der Waals surface area contributed by atoms with Crippen LogP contribution >= 0.6 is 0 Å². The zero-order valence-electron chi connectivity index (χ0n) is 10.6. The molecule has 1 rings (SSSR count). The second kappa shape index (κ2) is 5.48. The maximum atomic E-state index is 11.4. The smallest absolute Gasteiger partial charge is 0.328 e. The Balaban J connectivity index is 2.31. The average Bonchev–Trinajstić information content (AvgIpc) is 2.58. The molecule has 0 saturated carbocycles. The summed E-state index contributed by atoms with van der Waals surface area (Å²) < 4.78 is 6.02. The SMILES string of the molecule is CC(C)(C)NC(=O)COC(=O)Cn1cnc(N)n1. The molecule has 18 heavy (non-hydrogen) atoms. The fraction of sp³-hybridized carbons (Fsp3) is 0.600. The number of nitrogens with zero attached hydrogens (tertiary/aromatic N) is 3. The lowest BCUT2D eigenvalue weighted by atomic mass is 10.1. The first kappa shape index (κ1) is 13.9. The highest BCUT2D eigenvalue weighted by Gasteiger charge is 2.15. The molecule has 0 aliphatic carbocycles. The van der Waals surface area contributed by atoms with Crippen LogP contribution in [0.5, 0.6) is 0 Å². The van der Waals surface area contributed by atoms with Gasteiger partial charge in [0.25, 0.3) is 5.91 Å². The lowest BCUT2D eigenvalue weighted by Crippen LogP contribution is -2.42. The average molecular weight is 255 g/mol. The van der Waals surface area contributed by atoms with Crippen LogP contribution in [-0.2, 0) is 20.9 Å². The Morgan fingerprint density at radius 3 is 2.67 bits per heavy atom. The van der Waals surface area contributed by atoms with Crippen LogP contribution < -0.4 is 11.1 Å². The number of aromatic nitrogens is 3. The summed E-state index contributed by atoms with van der Waals surface area (Å²) >= 11 is 0. The third-order valence-corrected chi connectivity index (χ3v) is 1.72. The van der Waals surface area contributed by atoms with Crippen molar-refractivity contribution in [3.63, 3.8) is 0 Å². The minimum absolute atomic E-state index is 0.0771. The Bertz CT molecular complexity index is 435. The van der Waals surface area contributed by atoms with E-state index in [1.165, 1.54) is 11.0 Å². The first-order valence-corrected chi connectivity index (χ1v) is 5.38. The second-order valence-corrected chi connectivity index (χ2v) is 4.76. The molecule has 0 spiro atoms. The molecule has 3 N–H and O–H groups in total. The molecule has 1 amide bonds. The van der Waals surface area contributed by atoms with Crippen molar-refractivity contribution in [2.24, 2.45) is 0 Å². The number of carbonyl (C=O) groups excluding carboxylic acids is 2. The molecule has 0 aliphatic heterocycles. The van der Waals surface area contributed by atoms with E-state index in [0.29, 0.717) is 0 Å². The molecule has 0 aliphatic rings.